The van der Waals surface area contributed by atoms with Crippen molar-refractivity contribution in [1.29, 1.82) is 0 Å². The van der Waals surface area contributed by atoms with Gasteiger partial charge in [0.1, 0.15) is 16.8 Å². The lowest BCUT2D eigenvalue weighted by Gasteiger charge is -2.13. The van der Waals surface area contributed by atoms with E-state index in [4.69, 9.17) is 9.47 Å². The second kappa shape index (κ2) is 7.04. The minimum Gasteiger partial charge on any atom is -0.497 e. The van der Waals surface area contributed by atoms with Gasteiger partial charge in [-0.3, -0.25) is 4.98 Å². The van der Waals surface area contributed by atoms with Crippen LogP contribution >= 0.6 is 0 Å². The second-order valence-corrected chi connectivity index (χ2v) is 5.16. The SMILES string of the molecule is CCOc1ccc2ncc(C(=O)O)c(Nc3ccc(OC)cc3)c2n1. The van der Waals surface area contributed by atoms with Crippen molar-refractivity contribution in [2.24, 2.45) is 0 Å². The van der Waals surface area contributed by atoms with E-state index in [9.17, 15) is 9.90 Å². The molecule has 0 aliphatic rings. The van der Waals surface area contributed by atoms with E-state index in [-0.39, 0.29) is 5.56 Å². The number of carbonyl (C=O) groups is 1. The number of pyridine rings is 2. The van der Waals surface area contributed by atoms with Crippen molar-refractivity contribution in [3.8, 4) is 11.6 Å². The Morgan fingerprint density at radius 2 is 1.96 bits per heavy atom. The van der Waals surface area contributed by atoms with Crippen LogP contribution in [0.1, 0.15) is 17.3 Å². The molecule has 2 heterocycles. The number of methoxy groups -OCH3 is 1. The van der Waals surface area contributed by atoms with Crippen LogP contribution in [0.15, 0.2) is 42.6 Å². The highest BCUT2D eigenvalue weighted by Gasteiger charge is 2.17. The van der Waals surface area contributed by atoms with Gasteiger partial charge in [0.15, 0.2) is 0 Å². The average molecular weight is 339 g/mol. The number of fused-ring (bicyclic) bond motifs is 1. The van der Waals surface area contributed by atoms with Crippen LogP contribution < -0.4 is 14.8 Å². The smallest absolute Gasteiger partial charge is 0.339 e. The van der Waals surface area contributed by atoms with Crippen molar-refractivity contribution in [2.45, 2.75) is 6.92 Å². The zero-order chi connectivity index (χ0) is 17.8. The number of hydrogen-bond acceptors (Lipinski definition) is 6. The molecule has 3 aromatic rings. The van der Waals surface area contributed by atoms with Crippen molar-refractivity contribution < 1.29 is 19.4 Å². The minimum absolute atomic E-state index is 0.0319. The lowest BCUT2D eigenvalue weighted by Crippen LogP contribution is -2.06. The van der Waals surface area contributed by atoms with Gasteiger partial charge >= 0.3 is 5.97 Å². The molecule has 0 unspecified atom stereocenters. The molecule has 7 heteroatoms. The monoisotopic (exact) mass is 339 g/mol. The summed E-state index contributed by atoms with van der Waals surface area (Å²) >= 11 is 0. The summed E-state index contributed by atoms with van der Waals surface area (Å²) in [4.78, 5) is 20.2. The Morgan fingerprint density at radius 3 is 2.60 bits per heavy atom. The molecule has 0 aliphatic heterocycles. The number of carboxylic acids is 1. The molecule has 0 radical (unpaired) electrons. The van der Waals surface area contributed by atoms with Gasteiger partial charge in [-0.2, -0.15) is 0 Å². The maximum atomic E-state index is 11.6. The third-order valence-electron chi connectivity index (χ3n) is 3.57. The number of hydrogen-bond donors (Lipinski definition) is 2. The molecule has 2 aromatic heterocycles. The first-order valence-electron chi connectivity index (χ1n) is 7.69. The molecule has 128 valence electrons. The first-order valence-corrected chi connectivity index (χ1v) is 7.69. The number of nitrogens with zero attached hydrogens (tertiary/aromatic N) is 2. The number of carboxylic acid groups (broad SMARTS) is 1. The largest absolute Gasteiger partial charge is 0.497 e. The van der Waals surface area contributed by atoms with Gasteiger partial charge in [0.25, 0.3) is 0 Å². The van der Waals surface area contributed by atoms with E-state index in [0.717, 1.165) is 0 Å². The fraction of sp³-hybridized carbons (Fsp3) is 0.167. The highest BCUT2D eigenvalue weighted by molar-refractivity contribution is 6.03. The quantitative estimate of drug-likeness (QED) is 0.710. The number of benzene rings is 1. The number of aromatic nitrogens is 2. The molecule has 0 amide bonds. The first kappa shape index (κ1) is 16.5. The van der Waals surface area contributed by atoms with Gasteiger partial charge in [-0.25, -0.2) is 9.78 Å². The van der Waals surface area contributed by atoms with Crippen LogP contribution in [0.5, 0.6) is 11.6 Å². The van der Waals surface area contributed by atoms with E-state index in [1.807, 2.05) is 6.92 Å². The van der Waals surface area contributed by atoms with Crippen molar-refractivity contribution >= 4 is 28.4 Å². The molecule has 2 N–H and O–H groups in total. The molecule has 7 nitrogen and oxygen atoms in total. The van der Waals surface area contributed by atoms with E-state index in [0.29, 0.717) is 40.6 Å². The van der Waals surface area contributed by atoms with Gasteiger partial charge in [0, 0.05) is 18.0 Å². The van der Waals surface area contributed by atoms with Crippen LogP contribution in [-0.4, -0.2) is 34.8 Å². The molecule has 1 aromatic carbocycles. The van der Waals surface area contributed by atoms with E-state index in [2.05, 4.69) is 15.3 Å². The Bertz CT molecular complexity index is 910. The maximum Gasteiger partial charge on any atom is 0.339 e. The molecule has 0 saturated carbocycles. The summed E-state index contributed by atoms with van der Waals surface area (Å²) in [6.07, 6.45) is 1.32. The van der Waals surface area contributed by atoms with Gasteiger partial charge in [-0.05, 0) is 37.3 Å². The average Bonchev–Trinajstić information content (AvgIpc) is 2.62. The Labute approximate surface area is 144 Å². The minimum atomic E-state index is -1.09. The predicted octanol–water partition coefficient (Wildman–Crippen LogP) is 3.48. The number of aromatic carboxylic acids is 1. The number of nitrogens with one attached hydrogen (secondary N) is 1. The van der Waals surface area contributed by atoms with E-state index in [1.165, 1.54) is 6.20 Å². The molecule has 0 aliphatic carbocycles. The maximum absolute atomic E-state index is 11.6. The molecular formula is C18H17N3O4. The number of rotatable bonds is 6. The Kier molecular flexibility index (Phi) is 4.65. The second-order valence-electron chi connectivity index (χ2n) is 5.16. The Balaban J connectivity index is 2.12. The summed E-state index contributed by atoms with van der Waals surface area (Å²) in [5.41, 5.74) is 2.11. The normalized spacial score (nSPS) is 10.5. The number of anilines is 2. The van der Waals surface area contributed by atoms with Crippen LogP contribution in [0.2, 0.25) is 0 Å². The van der Waals surface area contributed by atoms with E-state index < -0.39 is 5.97 Å². The Morgan fingerprint density at radius 1 is 1.20 bits per heavy atom. The van der Waals surface area contributed by atoms with Gasteiger partial charge in [-0.1, -0.05) is 0 Å². The predicted molar refractivity (Wildman–Crippen MR) is 93.9 cm³/mol. The summed E-state index contributed by atoms with van der Waals surface area (Å²) in [5.74, 6) is 0.0338. The van der Waals surface area contributed by atoms with Gasteiger partial charge in [0.2, 0.25) is 5.88 Å². The van der Waals surface area contributed by atoms with Crippen LogP contribution in [0.4, 0.5) is 11.4 Å². The molecule has 0 saturated heterocycles. The zero-order valence-corrected chi connectivity index (χ0v) is 13.8. The van der Waals surface area contributed by atoms with Crippen LogP contribution in [0.3, 0.4) is 0 Å². The summed E-state index contributed by atoms with van der Waals surface area (Å²) in [6, 6.07) is 10.6. The molecule has 0 spiro atoms. The molecule has 25 heavy (non-hydrogen) atoms. The van der Waals surface area contributed by atoms with Crippen molar-refractivity contribution in [2.75, 3.05) is 19.0 Å². The molecule has 0 fully saturated rings. The fourth-order valence-electron chi connectivity index (χ4n) is 2.38. The topological polar surface area (TPSA) is 93.6 Å². The lowest BCUT2D eigenvalue weighted by molar-refractivity contribution is 0.0697. The van der Waals surface area contributed by atoms with Gasteiger partial charge < -0.3 is 19.9 Å². The van der Waals surface area contributed by atoms with Gasteiger partial charge in [0.05, 0.1) is 24.9 Å². The van der Waals surface area contributed by atoms with E-state index >= 15 is 0 Å². The van der Waals surface area contributed by atoms with Crippen LogP contribution in [-0.2, 0) is 0 Å². The zero-order valence-electron chi connectivity index (χ0n) is 13.8. The number of ether oxygens (including phenoxy) is 2. The third-order valence-corrected chi connectivity index (χ3v) is 3.57. The summed E-state index contributed by atoms with van der Waals surface area (Å²) in [6.45, 7) is 2.32. The third kappa shape index (κ3) is 3.45. The summed E-state index contributed by atoms with van der Waals surface area (Å²) in [5, 5.41) is 12.6. The molecule has 3 rings (SSSR count). The van der Waals surface area contributed by atoms with Crippen molar-refractivity contribution in [3.63, 3.8) is 0 Å². The molecular weight excluding hydrogens is 322 g/mol. The Hall–Kier alpha value is -3.35. The highest BCUT2D eigenvalue weighted by Crippen LogP contribution is 2.30. The molecule has 0 bridgehead atoms. The summed E-state index contributed by atoms with van der Waals surface area (Å²) < 4.78 is 10.6. The van der Waals surface area contributed by atoms with Crippen LogP contribution in [0, 0.1) is 0 Å². The first-order chi connectivity index (χ1) is 12.1. The van der Waals surface area contributed by atoms with Crippen molar-refractivity contribution in [1.82, 2.24) is 9.97 Å². The lowest BCUT2D eigenvalue weighted by atomic mass is 10.1. The van der Waals surface area contributed by atoms with Crippen molar-refractivity contribution in [3.05, 3.63) is 48.2 Å². The fourth-order valence-corrected chi connectivity index (χ4v) is 2.38. The van der Waals surface area contributed by atoms with Gasteiger partial charge in [-0.15, -0.1) is 0 Å². The summed E-state index contributed by atoms with van der Waals surface area (Å²) in [7, 11) is 1.58. The molecule has 0 atom stereocenters. The highest BCUT2D eigenvalue weighted by atomic mass is 16.5. The van der Waals surface area contributed by atoms with Crippen LogP contribution in [0.25, 0.3) is 11.0 Å². The van der Waals surface area contributed by atoms with E-state index in [1.54, 1.807) is 43.5 Å². The standard InChI is InChI=1S/C18H17N3O4/c1-3-25-15-9-8-14-17(21-15)16(13(10-19-14)18(22)23)20-11-4-6-12(24-2)7-5-11/h4-10H,3H2,1-2H3,(H,19,20)(H,22,23).